The van der Waals surface area contributed by atoms with Crippen LogP contribution in [0.4, 0.5) is 0 Å². The molecule has 22 heavy (non-hydrogen) atoms. The summed E-state index contributed by atoms with van der Waals surface area (Å²) in [5.74, 6) is 0. The van der Waals surface area contributed by atoms with Crippen LogP contribution in [0.15, 0.2) is 0 Å². The first kappa shape index (κ1) is 19.4. The van der Waals surface area contributed by atoms with Crippen molar-refractivity contribution in [2.45, 2.75) is 62.0 Å². The molecule has 7 N–H and O–H groups in total. The second kappa shape index (κ2) is 8.24. The van der Waals surface area contributed by atoms with Gasteiger partial charge in [0.15, 0.2) is 12.6 Å². The maximum absolute atomic E-state index is 11.0. The lowest BCUT2D eigenvalue weighted by molar-refractivity contribution is -0.315. The zero-order valence-corrected chi connectivity index (χ0v) is 11.8. The van der Waals surface area contributed by atoms with Crippen LogP contribution in [0.25, 0.3) is 0 Å². The molecule has 0 spiro atoms. The smallest absolute Gasteiger partial charge is 0.187 e. The molecule has 0 bridgehead atoms. The minimum absolute atomic E-state index is 0.123. The van der Waals surface area contributed by atoms with Gasteiger partial charge in [0.25, 0.3) is 0 Å². The predicted octanol–water partition coefficient (Wildman–Crippen LogP) is -4.53. The van der Waals surface area contributed by atoms with Gasteiger partial charge in [0.2, 0.25) is 0 Å². The number of rotatable bonds is 7. The maximum Gasteiger partial charge on any atom is 0.187 e. The van der Waals surface area contributed by atoms with E-state index in [0.717, 1.165) is 0 Å². The minimum atomic E-state index is -1.81. The second-order valence-corrected chi connectivity index (χ2v) is 5.16. The van der Waals surface area contributed by atoms with E-state index in [-0.39, 0.29) is 6.29 Å². The zero-order valence-electron chi connectivity index (χ0n) is 11.8. The van der Waals surface area contributed by atoms with E-state index in [1.165, 1.54) is 6.92 Å². The Morgan fingerprint density at radius 1 is 1.09 bits per heavy atom. The van der Waals surface area contributed by atoms with Gasteiger partial charge >= 0.3 is 0 Å². The second-order valence-electron chi connectivity index (χ2n) is 5.16. The minimum Gasteiger partial charge on any atom is -0.394 e. The summed E-state index contributed by atoms with van der Waals surface area (Å²) < 4.78 is 10.0. The van der Waals surface area contributed by atoms with Crippen LogP contribution in [0.1, 0.15) is 6.92 Å². The van der Waals surface area contributed by atoms with Gasteiger partial charge in [-0.15, -0.1) is 0 Å². The highest BCUT2D eigenvalue weighted by Gasteiger charge is 2.46. The summed E-state index contributed by atoms with van der Waals surface area (Å²) in [6.45, 7) is 0.499. The number of hydrogen-bond acceptors (Lipinski definition) is 10. The molecule has 1 aliphatic heterocycles. The Kier molecular flexibility index (Phi) is 7.25. The largest absolute Gasteiger partial charge is 0.394 e. The van der Waals surface area contributed by atoms with E-state index in [1.807, 2.05) is 0 Å². The third-order valence-corrected chi connectivity index (χ3v) is 3.45. The van der Waals surface area contributed by atoms with E-state index in [4.69, 9.17) is 14.6 Å². The summed E-state index contributed by atoms with van der Waals surface area (Å²) in [6, 6.07) is 0. The van der Waals surface area contributed by atoms with E-state index < -0.39 is 61.7 Å². The van der Waals surface area contributed by atoms with E-state index in [2.05, 4.69) is 0 Å². The Morgan fingerprint density at radius 2 is 1.68 bits per heavy atom. The van der Waals surface area contributed by atoms with Crippen LogP contribution in [0.3, 0.4) is 0 Å². The predicted molar refractivity (Wildman–Crippen MR) is 68.4 cm³/mol. The van der Waals surface area contributed by atoms with Gasteiger partial charge in [0.05, 0.1) is 12.7 Å². The average Bonchev–Trinajstić information content (AvgIpc) is 2.50. The summed E-state index contributed by atoms with van der Waals surface area (Å²) in [5, 5.41) is 66.4. The first-order valence-corrected chi connectivity index (χ1v) is 6.70. The van der Waals surface area contributed by atoms with Crippen molar-refractivity contribution in [1.29, 1.82) is 0 Å². The Hall–Kier alpha value is -0.690. The fourth-order valence-electron chi connectivity index (χ4n) is 2.01. The fourth-order valence-corrected chi connectivity index (χ4v) is 2.01. The Labute approximate surface area is 126 Å². The van der Waals surface area contributed by atoms with Gasteiger partial charge in [0.1, 0.15) is 42.7 Å². The Balaban J connectivity index is 2.79. The normalized spacial score (nSPS) is 38.1. The zero-order chi connectivity index (χ0) is 17.0. The van der Waals surface area contributed by atoms with E-state index in [0.29, 0.717) is 0 Å². The van der Waals surface area contributed by atoms with Gasteiger partial charge in [-0.05, 0) is 6.92 Å². The molecule has 10 heteroatoms. The van der Waals surface area contributed by atoms with Crippen molar-refractivity contribution in [3.05, 3.63) is 0 Å². The van der Waals surface area contributed by atoms with Crippen molar-refractivity contribution >= 4 is 6.29 Å². The first-order valence-electron chi connectivity index (χ1n) is 6.70. The fraction of sp³-hybridized carbons (Fsp3) is 0.917. The number of aliphatic hydroxyl groups is 7. The molecule has 0 aromatic carbocycles. The lowest BCUT2D eigenvalue weighted by Gasteiger charge is -2.41. The molecule has 0 aromatic rings. The first-order chi connectivity index (χ1) is 10.2. The van der Waals surface area contributed by atoms with E-state index in [1.54, 1.807) is 0 Å². The molecular weight excluding hydrogens is 304 g/mol. The van der Waals surface area contributed by atoms with Gasteiger partial charge in [0, 0.05) is 0 Å². The summed E-state index contributed by atoms with van der Waals surface area (Å²) in [5.41, 5.74) is 0. The Morgan fingerprint density at radius 3 is 2.14 bits per heavy atom. The molecule has 0 unspecified atom stereocenters. The van der Waals surface area contributed by atoms with Gasteiger partial charge in [-0.2, -0.15) is 0 Å². The molecule has 1 rings (SSSR count). The van der Waals surface area contributed by atoms with E-state index in [9.17, 15) is 35.4 Å². The highest BCUT2D eigenvalue weighted by Crippen LogP contribution is 2.23. The van der Waals surface area contributed by atoms with Gasteiger partial charge in [-0.1, -0.05) is 0 Å². The molecule has 1 aliphatic rings. The van der Waals surface area contributed by atoms with Crippen molar-refractivity contribution in [3.8, 4) is 0 Å². The lowest BCUT2D eigenvalue weighted by atomic mass is 9.99. The molecule has 0 amide bonds. The molecule has 1 heterocycles. The number of aldehydes is 1. The third-order valence-electron chi connectivity index (χ3n) is 3.45. The molecule has 1 fully saturated rings. The molecule has 0 aliphatic carbocycles. The van der Waals surface area contributed by atoms with Crippen molar-refractivity contribution in [1.82, 2.24) is 0 Å². The molecule has 9 atom stereocenters. The monoisotopic (exact) mass is 326 g/mol. The molecule has 0 saturated carbocycles. The molecule has 130 valence electrons. The quantitative estimate of drug-likeness (QED) is 0.225. The summed E-state index contributed by atoms with van der Waals surface area (Å²) >= 11 is 0. The molecule has 0 aromatic heterocycles. The van der Waals surface area contributed by atoms with Gasteiger partial charge < -0.3 is 50.0 Å². The average molecular weight is 326 g/mol. The molecular formula is C12H22O10. The van der Waals surface area contributed by atoms with Crippen LogP contribution in [-0.4, -0.2) is 104 Å². The molecule has 0 radical (unpaired) electrons. The number of carbonyl (C=O) groups excluding carboxylic acids is 1. The number of hydrogen-bond donors (Lipinski definition) is 7. The number of aliphatic hydroxyl groups excluding tert-OH is 7. The van der Waals surface area contributed by atoms with E-state index >= 15 is 0 Å². The third kappa shape index (κ3) is 4.19. The van der Waals surface area contributed by atoms with Crippen LogP contribution in [0, 0.1) is 0 Å². The van der Waals surface area contributed by atoms with Crippen molar-refractivity contribution < 1.29 is 50.0 Å². The van der Waals surface area contributed by atoms with Crippen LogP contribution < -0.4 is 0 Å². The molecule has 10 nitrogen and oxygen atoms in total. The summed E-state index contributed by atoms with van der Waals surface area (Å²) in [4.78, 5) is 11.0. The summed E-state index contributed by atoms with van der Waals surface area (Å²) in [6.07, 6.45) is -14.3. The lowest BCUT2D eigenvalue weighted by Crippen LogP contribution is -2.60. The van der Waals surface area contributed by atoms with Crippen molar-refractivity contribution in [2.75, 3.05) is 6.61 Å². The van der Waals surface area contributed by atoms with Crippen LogP contribution >= 0.6 is 0 Å². The SMILES string of the molecule is C[C@H](O)[C@H](O)[C@@H](O)[C@H](C=O)O[C@@H]1O[C@H](CO)[C@@H](O)[C@H](O)[C@H]1O. The highest BCUT2D eigenvalue weighted by molar-refractivity contribution is 5.57. The van der Waals surface area contributed by atoms with Crippen molar-refractivity contribution in [2.24, 2.45) is 0 Å². The molecule has 1 saturated heterocycles. The van der Waals surface area contributed by atoms with Crippen LogP contribution in [0.2, 0.25) is 0 Å². The van der Waals surface area contributed by atoms with Crippen LogP contribution in [0.5, 0.6) is 0 Å². The number of carbonyl (C=O) groups is 1. The van der Waals surface area contributed by atoms with Crippen LogP contribution in [-0.2, 0) is 14.3 Å². The Bertz CT molecular complexity index is 349. The topological polar surface area (TPSA) is 177 Å². The maximum atomic E-state index is 11.0. The van der Waals surface area contributed by atoms with Gasteiger partial charge in [-0.25, -0.2) is 0 Å². The highest BCUT2D eigenvalue weighted by atomic mass is 16.7. The summed E-state index contributed by atoms with van der Waals surface area (Å²) in [7, 11) is 0. The number of ether oxygens (including phenoxy) is 2. The van der Waals surface area contributed by atoms with Crippen molar-refractivity contribution in [3.63, 3.8) is 0 Å². The standard InChI is InChI=1S/C12H22O10/c1-4(15)7(16)8(17)5(2-13)21-12-11(20)10(19)9(18)6(3-14)22-12/h2,4-12,14-20H,3H2,1H3/t4-,5-,6+,7-,8-,9+,10-,11+,12+/m0/s1. The van der Waals surface area contributed by atoms with Gasteiger partial charge in [-0.3, -0.25) is 0 Å².